The summed E-state index contributed by atoms with van der Waals surface area (Å²) in [4.78, 5) is 12.0. The lowest BCUT2D eigenvalue weighted by Crippen LogP contribution is -2.45. The molecular weight excluding hydrogens is 280 g/mol. The van der Waals surface area contributed by atoms with E-state index in [1.54, 1.807) is 0 Å². The predicted octanol–water partition coefficient (Wildman–Crippen LogP) is 0.183. The highest BCUT2D eigenvalue weighted by molar-refractivity contribution is 7.88. The molecule has 0 aromatic heterocycles. The molecule has 118 valence electrons. The quantitative estimate of drug-likeness (QED) is 0.657. The van der Waals surface area contributed by atoms with Crippen molar-refractivity contribution in [2.24, 2.45) is 11.8 Å². The average molecular weight is 306 g/mol. The molecule has 2 unspecified atom stereocenters. The normalized spacial score (nSPS) is 22.4. The van der Waals surface area contributed by atoms with Gasteiger partial charge in [-0.25, -0.2) is 12.7 Å². The molecule has 1 heterocycles. The van der Waals surface area contributed by atoms with Gasteiger partial charge < -0.3 is 10.4 Å². The van der Waals surface area contributed by atoms with Crippen LogP contribution in [0.15, 0.2) is 0 Å². The Hall–Kier alpha value is -0.660. The summed E-state index contributed by atoms with van der Waals surface area (Å²) in [6.07, 6.45) is 4.36. The molecule has 1 saturated heterocycles. The van der Waals surface area contributed by atoms with E-state index in [1.807, 2.05) is 6.92 Å². The first-order valence-electron chi connectivity index (χ1n) is 7.18. The van der Waals surface area contributed by atoms with E-state index in [0.717, 1.165) is 25.7 Å². The fourth-order valence-corrected chi connectivity index (χ4v) is 3.27. The van der Waals surface area contributed by atoms with Gasteiger partial charge in [-0.2, -0.15) is 0 Å². The second-order valence-electron chi connectivity index (χ2n) is 5.68. The fourth-order valence-electron chi connectivity index (χ4n) is 2.36. The monoisotopic (exact) mass is 306 g/mol. The molecule has 6 nitrogen and oxygen atoms in total. The molecule has 2 atom stereocenters. The van der Waals surface area contributed by atoms with Gasteiger partial charge in [-0.15, -0.1) is 0 Å². The molecular formula is C13H26N2O4S. The summed E-state index contributed by atoms with van der Waals surface area (Å²) in [5.41, 5.74) is 0. The number of hydrogen-bond donors (Lipinski definition) is 2. The first-order chi connectivity index (χ1) is 9.34. The molecule has 0 bridgehead atoms. The Bertz CT molecular complexity index is 411. The number of amides is 1. The number of rotatable bonds is 7. The van der Waals surface area contributed by atoms with E-state index < -0.39 is 10.0 Å². The Morgan fingerprint density at radius 1 is 1.50 bits per heavy atom. The number of aliphatic hydroxyl groups excluding tert-OH is 1. The lowest BCUT2D eigenvalue weighted by atomic mass is 9.98. The van der Waals surface area contributed by atoms with Crippen molar-refractivity contribution < 1.29 is 18.3 Å². The SMILES string of the molecule is CC(CO)CCCNC(=O)C1CCCN(S(C)(=O)=O)C1. The average Bonchev–Trinajstić information content (AvgIpc) is 2.42. The van der Waals surface area contributed by atoms with E-state index >= 15 is 0 Å². The minimum atomic E-state index is -3.21. The van der Waals surface area contributed by atoms with Crippen LogP contribution < -0.4 is 5.32 Å². The standard InChI is InChI=1S/C13H26N2O4S/c1-11(10-16)5-3-7-14-13(17)12-6-4-8-15(9-12)20(2,18)19/h11-12,16H,3-10H2,1-2H3,(H,14,17). The largest absolute Gasteiger partial charge is 0.396 e. The van der Waals surface area contributed by atoms with Crippen LogP contribution in [-0.2, 0) is 14.8 Å². The zero-order chi connectivity index (χ0) is 15.2. The van der Waals surface area contributed by atoms with Gasteiger partial charge in [0.25, 0.3) is 0 Å². The van der Waals surface area contributed by atoms with Gasteiger partial charge in [-0.05, 0) is 31.6 Å². The van der Waals surface area contributed by atoms with Gasteiger partial charge in [0.2, 0.25) is 15.9 Å². The van der Waals surface area contributed by atoms with Crippen LogP contribution in [0.3, 0.4) is 0 Å². The van der Waals surface area contributed by atoms with Crippen LogP contribution in [0.25, 0.3) is 0 Å². The fraction of sp³-hybridized carbons (Fsp3) is 0.923. The third-order valence-electron chi connectivity index (χ3n) is 3.71. The molecule has 1 fully saturated rings. The zero-order valence-corrected chi connectivity index (χ0v) is 13.2. The van der Waals surface area contributed by atoms with Crippen molar-refractivity contribution in [3.05, 3.63) is 0 Å². The number of hydrogen-bond acceptors (Lipinski definition) is 4. The molecule has 7 heteroatoms. The van der Waals surface area contributed by atoms with Gasteiger partial charge in [0.15, 0.2) is 0 Å². The predicted molar refractivity (Wildman–Crippen MR) is 77.6 cm³/mol. The first-order valence-corrected chi connectivity index (χ1v) is 9.03. The number of carbonyl (C=O) groups is 1. The van der Waals surface area contributed by atoms with Crippen LogP contribution >= 0.6 is 0 Å². The highest BCUT2D eigenvalue weighted by Crippen LogP contribution is 2.18. The molecule has 0 aromatic carbocycles. The number of piperidine rings is 1. The second-order valence-corrected chi connectivity index (χ2v) is 7.66. The third kappa shape index (κ3) is 5.76. The van der Waals surface area contributed by atoms with Gasteiger partial charge >= 0.3 is 0 Å². The molecule has 0 aromatic rings. The smallest absolute Gasteiger partial charge is 0.224 e. The lowest BCUT2D eigenvalue weighted by molar-refractivity contribution is -0.126. The topological polar surface area (TPSA) is 86.7 Å². The molecule has 0 aliphatic carbocycles. The van der Waals surface area contributed by atoms with Crippen molar-refractivity contribution in [1.82, 2.24) is 9.62 Å². The van der Waals surface area contributed by atoms with Crippen molar-refractivity contribution in [1.29, 1.82) is 0 Å². The number of aliphatic hydroxyl groups is 1. The van der Waals surface area contributed by atoms with E-state index in [4.69, 9.17) is 5.11 Å². The van der Waals surface area contributed by atoms with Crippen LogP contribution in [0.5, 0.6) is 0 Å². The van der Waals surface area contributed by atoms with Crippen molar-refractivity contribution in [2.75, 3.05) is 32.5 Å². The summed E-state index contributed by atoms with van der Waals surface area (Å²) in [5, 5.41) is 11.8. The second kappa shape index (κ2) is 7.95. The van der Waals surface area contributed by atoms with Gasteiger partial charge in [-0.3, -0.25) is 4.79 Å². The molecule has 1 amide bonds. The Morgan fingerprint density at radius 2 is 2.20 bits per heavy atom. The van der Waals surface area contributed by atoms with Crippen molar-refractivity contribution in [3.8, 4) is 0 Å². The summed E-state index contributed by atoms with van der Waals surface area (Å²) in [6, 6.07) is 0. The minimum absolute atomic E-state index is 0.0602. The van der Waals surface area contributed by atoms with E-state index in [9.17, 15) is 13.2 Å². The molecule has 1 aliphatic heterocycles. The lowest BCUT2D eigenvalue weighted by Gasteiger charge is -2.30. The van der Waals surface area contributed by atoms with Crippen molar-refractivity contribution >= 4 is 15.9 Å². The summed E-state index contributed by atoms with van der Waals surface area (Å²) < 4.78 is 24.4. The Kier molecular flexibility index (Phi) is 6.91. The van der Waals surface area contributed by atoms with Crippen molar-refractivity contribution in [2.45, 2.75) is 32.6 Å². The summed E-state index contributed by atoms with van der Waals surface area (Å²) in [7, 11) is -3.21. The first kappa shape index (κ1) is 17.4. The van der Waals surface area contributed by atoms with E-state index in [0.29, 0.717) is 13.1 Å². The van der Waals surface area contributed by atoms with Crippen LogP contribution in [0.4, 0.5) is 0 Å². The Balaban J connectivity index is 2.32. The van der Waals surface area contributed by atoms with Gasteiger partial charge in [0.05, 0.1) is 12.2 Å². The highest BCUT2D eigenvalue weighted by atomic mass is 32.2. The number of nitrogens with zero attached hydrogens (tertiary/aromatic N) is 1. The summed E-state index contributed by atoms with van der Waals surface area (Å²) in [5.74, 6) is -0.0500. The number of nitrogens with one attached hydrogen (secondary N) is 1. The molecule has 1 rings (SSSR count). The molecule has 0 spiro atoms. The summed E-state index contributed by atoms with van der Waals surface area (Å²) >= 11 is 0. The van der Waals surface area contributed by atoms with Gasteiger partial charge in [-0.1, -0.05) is 6.92 Å². The Morgan fingerprint density at radius 3 is 2.80 bits per heavy atom. The molecule has 0 saturated carbocycles. The molecule has 2 N–H and O–H groups in total. The third-order valence-corrected chi connectivity index (χ3v) is 4.98. The number of sulfonamides is 1. The summed E-state index contributed by atoms with van der Waals surface area (Å²) in [6.45, 7) is 3.51. The van der Waals surface area contributed by atoms with E-state index in [2.05, 4.69) is 5.32 Å². The maximum Gasteiger partial charge on any atom is 0.224 e. The van der Waals surface area contributed by atoms with Crippen LogP contribution in [-0.4, -0.2) is 56.2 Å². The van der Waals surface area contributed by atoms with Crippen molar-refractivity contribution in [3.63, 3.8) is 0 Å². The van der Waals surface area contributed by atoms with Gasteiger partial charge in [0, 0.05) is 26.2 Å². The van der Waals surface area contributed by atoms with Crippen LogP contribution in [0, 0.1) is 11.8 Å². The zero-order valence-electron chi connectivity index (χ0n) is 12.3. The maximum absolute atomic E-state index is 12.0. The highest BCUT2D eigenvalue weighted by Gasteiger charge is 2.29. The maximum atomic E-state index is 12.0. The van der Waals surface area contributed by atoms with E-state index in [1.165, 1.54) is 10.6 Å². The van der Waals surface area contributed by atoms with Gasteiger partial charge in [0.1, 0.15) is 0 Å². The van der Waals surface area contributed by atoms with Crippen LogP contribution in [0.1, 0.15) is 32.6 Å². The molecule has 0 radical (unpaired) electrons. The van der Waals surface area contributed by atoms with Crippen LogP contribution in [0.2, 0.25) is 0 Å². The van der Waals surface area contributed by atoms with E-state index in [-0.39, 0.29) is 30.9 Å². The molecule has 20 heavy (non-hydrogen) atoms. The number of carbonyl (C=O) groups excluding carboxylic acids is 1. The molecule has 1 aliphatic rings. The Labute approximate surface area is 121 Å². The minimum Gasteiger partial charge on any atom is -0.396 e.